The molecule has 0 aliphatic heterocycles. The number of rotatable bonds is 7. The van der Waals surface area contributed by atoms with Gasteiger partial charge in [-0.1, -0.05) is 0 Å². The summed E-state index contributed by atoms with van der Waals surface area (Å²) in [6.07, 6.45) is 4.87. The summed E-state index contributed by atoms with van der Waals surface area (Å²) in [4.78, 5) is 4.02. The molecule has 0 unspecified atom stereocenters. The molecule has 0 atom stereocenters. The van der Waals surface area contributed by atoms with Gasteiger partial charge in [0.2, 0.25) is 0 Å². The van der Waals surface area contributed by atoms with Crippen LogP contribution in [0.2, 0.25) is 19.1 Å². The Kier molecular flexibility index (Phi) is 6.09. The van der Waals surface area contributed by atoms with Crippen LogP contribution >= 0.6 is 11.8 Å². The molecule has 1 aromatic rings. The number of pyridine rings is 1. The number of thioether (sulfide) groups is 1. The molecule has 0 bridgehead atoms. The number of aryl methyl sites for hydroxylation is 1. The summed E-state index contributed by atoms with van der Waals surface area (Å²) < 4.78 is 5.52. The number of hydrogen-bond donors (Lipinski definition) is 0. The van der Waals surface area contributed by atoms with Gasteiger partial charge in [0, 0.05) is 19.5 Å². The van der Waals surface area contributed by atoms with Gasteiger partial charge in [-0.3, -0.25) is 4.98 Å². The third-order valence-corrected chi connectivity index (χ3v) is 6.59. The second-order valence-electron chi connectivity index (χ2n) is 4.43. The van der Waals surface area contributed by atoms with Crippen LogP contribution in [-0.4, -0.2) is 31.9 Å². The second-order valence-corrected chi connectivity index (χ2v) is 10.1. The molecule has 0 aromatic carbocycles. The molecule has 0 radical (unpaired) electrons. The summed E-state index contributed by atoms with van der Waals surface area (Å²) in [6.45, 7) is 4.55. The molecule has 0 amide bonds. The minimum Gasteiger partial charge on any atom is -0.420 e. The number of aromatic nitrogens is 1. The summed E-state index contributed by atoms with van der Waals surface area (Å²) in [5, 5.41) is 0. The predicted molar refractivity (Wildman–Crippen MR) is 74.6 cm³/mol. The van der Waals surface area contributed by atoms with Crippen molar-refractivity contribution in [3.8, 4) is 0 Å². The van der Waals surface area contributed by atoms with Gasteiger partial charge in [-0.15, -0.1) is 0 Å². The highest BCUT2D eigenvalue weighted by atomic mass is 32.2. The van der Waals surface area contributed by atoms with E-state index in [1.165, 1.54) is 23.1 Å². The van der Waals surface area contributed by atoms with Crippen molar-refractivity contribution in [2.75, 3.05) is 18.6 Å². The Balaban J connectivity index is 2.09. The normalized spacial score (nSPS) is 11.7. The molecular formula is C12H21NOSSi. The van der Waals surface area contributed by atoms with E-state index in [1.54, 1.807) is 0 Å². The van der Waals surface area contributed by atoms with E-state index in [0.717, 1.165) is 6.42 Å². The summed E-state index contributed by atoms with van der Waals surface area (Å²) >= 11 is 2.02. The van der Waals surface area contributed by atoms with Crippen molar-refractivity contribution >= 4 is 20.1 Å². The van der Waals surface area contributed by atoms with Crippen LogP contribution in [0, 0.1) is 0 Å². The standard InChI is InChI=1S/C12H21NOSSi/c1-14-16(2,3)11-10-15-9-6-12-4-7-13-8-5-12/h4-5,7-8H,6,9-11H2,1-3H3. The summed E-state index contributed by atoms with van der Waals surface area (Å²) in [5.41, 5.74) is 1.38. The molecule has 16 heavy (non-hydrogen) atoms. The SMILES string of the molecule is CO[Si](C)(C)CCSCCc1ccncc1. The Labute approximate surface area is 104 Å². The smallest absolute Gasteiger partial charge is 0.187 e. The van der Waals surface area contributed by atoms with Crippen molar-refractivity contribution in [3.05, 3.63) is 30.1 Å². The Morgan fingerprint density at radius 1 is 1.25 bits per heavy atom. The van der Waals surface area contributed by atoms with Crippen LogP contribution in [-0.2, 0) is 10.8 Å². The van der Waals surface area contributed by atoms with Crippen LogP contribution in [0.1, 0.15) is 5.56 Å². The van der Waals surface area contributed by atoms with E-state index >= 15 is 0 Å². The first-order chi connectivity index (χ1) is 7.64. The van der Waals surface area contributed by atoms with Gasteiger partial charge in [0.05, 0.1) is 0 Å². The summed E-state index contributed by atoms with van der Waals surface area (Å²) in [7, 11) is 0.504. The first-order valence-electron chi connectivity index (χ1n) is 5.66. The molecule has 0 aliphatic rings. The molecule has 90 valence electrons. The lowest BCUT2D eigenvalue weighted by Gasteiger charge is -2.19. The van der Waals surface area contributed by atoms with E-state index in [-0.39, 0.29) is 0 Å². The van der Waals surface area contributed by atoms with E-state index in [2.05, 4.69) is 30.2 Å². The van der Waals surface area contributed by atoms with Gasteiger partial charge in [-0.05, 0) is 54.8 Å². The first kappa shape index (κ1) is 13.7. The van der Waals surface area contributed by atoms with Crippen molar-refractivity contribution in [2.45, 2.75) is 25.6 Å². The molecule has 4 heteroatoms. The molecule has 1 aromatic heterocycles. The van der Waals surface area contributed by atoms with Gasteiger partial charge < -0.3 is 4.43 Å². The van der Waals surface area contributed by atoms with Crippen LogP contribution in [0.5, 0.6) is 0 Å². The predicted octanol–water partition coefficient (Wildman–Crippen LogP) is 3.21. The molecular weight excluding hydrogens is 234 g/mol. The maximum Gasteiger partial charge on any atom is 0.187 e. The van der Waals surface area contributed by atoms with Crippen molar-refractivity contribution in [1.82, 2.24) is 4.98 Å². The van der Waals surface area contributed by atoms with Crippen LogP contribution in [0.15, 0.2) is 24.5 Å². The fourth-order valence-corrected chi connectivity index (χ4v) is 4.59. The van der Waals surface area contributed by atoms with Crippen molar-refractivity contribution in [2.24, 2.45) is 0 Å². The molecule has 1 heterocycles. The second kappa shape index (κ2) is 7.09. The maximum absolute atomic E-state index is 5.52. The van der Waals surface area contributed by atoms with E-state index in [9.17, 15) is 0 Å². The minimum atomic E-state index is -1.34. The molecule has 1 rings (SSSR count). The number of nitrogens with zero attached hydrogens (tertiary/aromatic N) is 1. The summed E-state index contributed by atoms with van der Waals surface area (Å²) in [6, 6.07) is 5.42. The molecule has 0 fully saturated rings. The fraction of sp³-hybridized carbons (Fsp3) is 0.583. The third kappa shape index (κ3) is 5.68. The van der Waals surface area contributed by atoms with Gasteiger partial charge in [-0.2, -0.15) is 11.8 Å². The van der Waals surface area contributed by atoms with Crippen LogP contribution in [0.3, 0.4) is 0 Å². The quantitative estimate of drug-likeness (QED) is 0.552. The highest BCUT2D eigenvalue weighted by Crippen LogP contribution is 2.15. The largest absolute Gasteiger partial charge is 0.420 e. The van der Waals surface area contributed by atoms with Gasteiger partial charge in [-0.25, -0.2) is 0 Å². The lowest BCUT2D eigenvalue weighted by atomic mass is 10.2. The average Bonchev–Trinajstić information content (AvgIpc) is 2.30. The minimum absolute atomic E-state index is 1.14. The Morgan fingerprint density at radius 3 is 2.56 bits per heavy atom. The highest BCUT2D eigenvalue weighted by Gasteiger charge is 2.19. The molecule has 0 N–H and O–H groups in total. The zero-order valence-corrected chi connectivity index (χ0v) is 12.2. The van der Waals surface area contributed by atoms with Crippen molar-refractivity contribution in [1.29, 1.82) is 0 Å². The average molecular weight is 255 g/mol. The van der Waals surface area contributed by atoms with Gasteiger partial charge >= 0.3 is 0 Å². The summed E-state index contributed by atoms with van der Waals surface area (Å²) in [5.74, 6) is 2.41. The third-order valence-electron chi connectivity index (χ3n) is 2.69. The van der Waals surface area contributed by atoms with Gasteiger partial charge in [0.25, 0.3) is 0 Å². The van der Waals surface area contributed by atoms with E-state index in [4.69, 9.17) is 4.43 Å². The monoisotopic (exact) mass is 255 g/mol. The molecule has 0 saturated heterocycles. The zero-order chi connectivity index (χ0) is 11.9. The highest BCUT2D eigenvalue weighted by molar-refractivity contribution is 7.99. The molecule has 2 nitrogen and oxygen atoms in total. The van der Waals surface area contributed by atoms with Crippen LogP contribution in [0.4, 0.5) is 0 Å². The first-order valence-corrected chi connectivity index (χ1v) is 9.93. The van der Waals surface area contributed by atoms with E-state index < -0.39 is 8.32 Å². The Hall–Kier alpha value is -0.323. The van der Waals surface area contributed by atoms with Crippen LogP contribution < -0.4 is 0 Å². The Bertz CT molecular complexity index is 292. The fourth-order valence-electron chi connectivity index (χ4n) is 1.26. The lowest BCUT2D eigenvalue weighted by Crippen LogP contribution is -2.28. The van der Waals surface area contributed by atoms with Crippen LogP contribution in [0.25, 0.3) is 0 Å². The molecule has 0 aliphatic carbocycles. The van der Waals surface area contributed by atoms with Gasteiger partial charge in [0.1, 0.15) is 0 Å². The maximum atomic E-state index is 5.52. The topological polar surface area (TPSA) is 22.1 Å². The molecule has 0 spiro atoms. The van der Waals surface area contributed by atoms with Crippen molar-refractivity contribution < 1.29 is 4.43 Å². The zero-order valence-electron chi connectivity index (χ0n) is 10.4. The number of hydrogen-bond acceptors (Lipinski definition) is 3. The lowest BCUT2D eigenvalue weighted by molar-refractivity contribution is 0.405. The van der Waals surface area contributed by atoms with Crippen molar-refractivity contribution in [3.63, 3.8) is 0 Å². The van der Waals surface area contributed by atoms with E-state index in [0.29, 0.717) is 0 Å². The van der Waals surface area contributed by atoms with E-state index in [1.807, 2.05) is 31.3 Å². The molecule has 0 saturated carbocycles. The van der Waals surface area contributed by atoms with Gasteiger partial charge in [0.15, 0.2) is 8.32 Å². The Morgan fingerprint density at radius 2 is 1.94 bits per heavy atom.